The first-order valence-electron chi connectivity index (χ1n) is 15.2. The largest absolute Gasteiger partial charge is 0.456 e. The van der Waals surface area contributed by atoms with Crippen molar-refractivity contribution in [1.82, 2.24) is 10.3 Å². The van der Waals surface area contributed by atoms with E-state index in [2.05, 4.69) is 10.3 Å². The molecule has 236 valence electrons. The summed E-state index contributed by atoms with van der Waals surface area (Å²) >= 11 is 0. The van der Waals surface area contributed by atoms with Gasteiger partial charge in [-0.05, 0) is 51.8 Å². The van der Waals surface area contributed by atoms with Crippen molar-refractivity contribution in [3.63, 3.8) is 0 Å². The predicted octanol–water partition coefficient (Wildman–Crippen LogP) is 3.54. The highest BCUT2D eigenvalue weighted by atomic mass is 16.6. The van der Waals surface area contributed by atoms with Gasteiger partial charge >= 0.3 is 18.0 Å². The maximum atomic E-state index is 13.5. The van der Waals surface area contributed by atoms with E-state index in [-0.39, 0.29) is 36.1 Å². The number of aromatic amines is 1. The highest BCUT2D eigenvalue weighted by Gasteiger charge is 2.69. The predicted molar refractivity (Wildman–Crippen MR) is 155 cm³/mol. The quantitative estimate of drug-likeness (QED) is 0.254. The zero-order valence-corrected chi connectivity index (χ0v) is 25.8. The molecule has 2 fully saturated rings. The molecule has 11 nitrogen and oxygen atoms in total. The Morgan fingerprint density at radius 2 is 1.95 bits per heavy atom. The van der Waals surface area contributed by atoms with Crippen LogP contribution in [0.5, 0.6) is 0 Å². The third-order valence-corrected chi connectivity index (χ3v) is 9.62. The van der Waals surface area contributed by atoms with Gasteiger partial charge in [-0.15, -0.1) is 0 Å². The van der Waals surface area contributed by atoms with Gasteiger partial charge in [-0.2, -0.15) is 0 Å². The number of hydrogen-bond donors (Lipinski definition) is 3. The molecule has 1 aromatic rings. The summed E-state index contributed by atoms with van der Waals surface area (Å²) < 4.78 is 30.2. The lowest BCUT2D eigenvalue weighted by Crippen LogP contribution is -2.57. The summed E-state index contributed by atoms with van der Waals surface area (Å²) in [6, 6.07) is 3.25. The van der Waals surface area contributed by atoms with Gasteiger partial charge in [0.05, 0.1) is 6.10 Å². The first-order chi connectivity index (χ1) is 20.4. The van der Waals surface area contributed by atoms with Crippen LogP contribution in [-0.2, 0) is 28.5 Å². The fourth-order valence-electron chi connectivity index (χ4n) is 7.64. The fraction of sp³-hybridized carbons (Fsp3) is 0.656. The lowest BCUT2D eigenvalue weighted by molar-refractivity contribution is -0.172. The van der Waals surface area contributed by atoms with Crippen molar-refractivity contribution in [2.75, 3.05) is 7.11 Å². The number of ether oxygens (including phenoxy) is 5. The average Bonchev–Trinajstić information content (AvgIpc) is 3.54. The fourth-order valence-corrected chi connectivity index (χ4v) is 7.64. The molecule has 1 aromatic heterocycles. The van der Waals surface area contributed by atoms with E-state index in [4.69, 9.17) is 23.7 Å². The van der Waals surface area contributed by atoms with Gasteiger partial charge in [0.1, 0.15) is 35.7 Å². The summed E-state index contributed by atoms with van der Waals surface area (Å²) in [6.45, 7) is 11.1. The van der Waals surface area contributed by atoms with Gasteiger partial charge in [-0.25, -0.2) is 14.4 Å². The van der Waals surface area contributed by atoms with Crippen LogP contribution in [0.25, 0.3) is 0 Å². The Balaban J connectivity index is 1.52. The maximum absolute atomic E-state index is 13.5. The van der Waals surface area contributed by atoms with Crippen LogP contribution in [0.4, 0.5) is 4.79 Å². The lowest BCUT2D eigenvalue weighted by atomic mass is 9.57. The Morgan fingerprint density at radius 3 is 2.60 bits per heavy atom. The van der Waals surface area contributed by atoms with Crippen LogP contribution in [0.1, 0.15) is 58.5 Å². The minimum Gasteiger partial charge on any atom is -0.456 e. The molecule has 3 heterocycles. The number of rotatable bonds is 6. The SMILES string of the molecule is CO[C@H]1C[C@H]2C=C[C@H]3[C@H]4O[C@]2(/C(C)=C/[C@@H](C)[C@@H]([C@@H](C)OC(=O)NC(C)C)OC1=O)[C@@H]3[C@H](O)[C@@H](C)[C@H]4OC(=O)c1ccc[nH]1. The molecule has 4 aliphatic rings. The van der Waals surface area contributed by atoms with Crippen molar-refractivity contribution in [3.05, 3.63) is 47.8 Å². The van der Waals surface area contributed by atoms with E-state index in [9.17, 15) is 19.5 Å². The topological polar surface area (TPSA) is 145 Å². The summed E-state index contributed by atoms with van der Waals surface area (Å²) in [7, 11) is 1.46. The summed E-state index contributed by atoms with van der Waals surface area (Å²) in [5.41, 5.74) is 0.203. The van der Waals surface area contributed by atoms with Crippen LogP contribution in [0, 0.1) is 29.6 Å². The number of hydrogen-bond acceptors (Lipinski definition) is 9. The smallest absolute Gasteiger partial charge is 0.407 e. The summed E-state index contributed by atoms with van der Waals surface area (Å²) in [5.74, 6) is -2.75. The van der Waals surface area contributed by atoms with E-state index in [0.717, 1.165) is 5.57 Å². The van der Waals surface area contributed by atoms with Crippen LogP contribution in [-0.4, -0.2) is 83.5 Å². The molecule has 4 bridgehead atoms. The third-order valence-electron chi connectivity index (χ3n) is 9.62. The monoisotopic (exact) mass is 600 g/mol. The Labute approximate surface area is 252 Å². The van der Waals surface area contributed by atoms with Crippen LogP contribution in [0.15, 0.2) is 42.1 Å². The van der Waals surface area contributed by atoms with Crippen LogP contribution in [0.3, 0.4) is 0 Å². The third kappa shape index (κ3) is 5.51. The lowest BCUT2D eigenvalue weighted by Gasteiger charge is -2.48. The molecule has 11 heteroatoms. The molecule has 0 aromatic carbocycles. The molecular formula is C32H44N2O9. The van der Waals surface area contributed by atoms with Gasteiger partial charge in [0.2, 0.25) is 0 Å². The number of esters is 2. The number of alkyl carbamates (subject to hydrolysis) is 1. The van der Waals surface area contributed by atoms with Gasteiger partial charge in [0.25, 0.3) is 0 Å². The van der Waals surface area contributed by atoms with Crippen LogP contribution < -0.4 is 5.32 Å². The molecule has 0 radical (unpaired) electrons. The molecule has 1 saturated heterocycles. The molecular weight excluding hydrogens is 556 g/mol. The average molecular weight is 601 g/mol. The second kappa shape index (κ2) is 12.1. The highest BCUT2D eigenvalue weighted by Crippen LogP contribution is 2.61. The van der Waals surface area contributed by atoms with Crippen LogP contribution in [0.2, 0.25) is 0 Å². The number of amides is 1. The number of aliphatic hydroxyl groups excluding tert-OH is 1. The summed E-state index contributed by atoms with van der Waals surface area (Å²) in [6.07, 6.45) is 2.80. The Bertz CT molecular complexity index is 1260. The number of aliphatic hydroxyl groups is 1. The zero-order valence-electron chi connectivity index (χ0n) is 25.8. The molecule has 12 atom stereocenters. The molecule has 43 heavy (non-hydrogen) atoms. The van der Waals surface area contributed by atoms with Gasteiger partial charge < -0.3 is 39.1 Å². The highest BCUT2D eigenvalue weighted by molar-refractivity contribution is 5.87. The van der Waals surface area contributed by atoms with Crippen molar-refractivity contribution >= 4 is 18.0 Å². The Hall–Kier alpha value is -3.15. The maximum Gasteiger partial charge on any atom is 0.407 e. The zero-order chi connectivity index (χ0) is 31.2. The van der Waals surface area contributed by atoms with E-state index in [0.29, 0.717) is 5.69 Å². The second-order valence-electron chi connectivity index (χ2n) is 12.8. The van der Waals surface area contributed by atoms with Crippen molar-refractivity contribution < 1.29 is 43.2 Å². The first-order valence-corrected chi connectivity index (χ1v) is 15.2. The molecule has 5 rings (SSSR count). The number of cyclic esters (lactones) is 1. The van der Waals surface area contributed by atoms with Gasteiger partial charge in [0, 0.05) is 48.9 Å². The molecule has 3 N–H and O–H groups in total. The molecule has 1 saturated carbocycles. The minimum absolute atomic E-state index is 0.120. The van der Waals surface area contributed by atoms with E-state index in [1.807, 2.05) is 52.8 Å². The van der Waals surface area contributed by atoms with Crippen LogP contribution >= 0.6 is 0 Å². The van der Waals surface area contributed by atoms with E-state index in [1.165, 1.54) is 7.11 Å². The second-order valence-corrected chi connectivity index (χ2v) is 12.8. The number of carbonyl (C=O) groups is 3. The van der Waals surface area contributed by atoms with E-state index < -0.39 is 66.2 Å². The number of aromatic nitrogens is 1. The summed E-state index contributed by atoms with van der Waals surface area (Å²) in [5, 5.41) is 14.5. The number of H-pyrrole nitrogens is 1. The number of nitrogens with one attached hydrogen (secondary N) is 2. The van der Waals surface area contributed by atoms with Crippen molar-refractivity contribution in [2.24, 2.45) is 29.6 Å². The first kappa shape index (κ1) is 31.3. The minimum atomic E-state index is -0.988. The van der Waals surface area contributed by atoms with E-state index in [1.54, 1.807) is 25.3 Å². The van der Waals surface area contributed by atoms with Gasteiger partial charge in [-0.1, -0.05) is 32.1 Å². The molecule has 2 aliphatic heterocycles. The Kier molecular flexibility index (Phi) is 8.79. The molecule has 2 aliphatic carbocycles. The Morgan fingerprint density at radius 1 is 1.21 bits per heavy atom. The van der Waals surface area contributed by atoms with Crippen molar-refractivity contribution in [1.29, 1.82) is 0 Å². The molecule has 0 unspecified atom stereocenters. The molecule has 1 amide bonds. The van der Waals surface area contributed by atoms with Gasteiger partial charge in [0.15, 0.2) is 6.10 Å². The van der Waals surface area contributed by atoms with Gasteiger partial charge in [-0.3, -0.25) is 0 Å². The van der Waals surface area contributed by atoms with Crippen molar-refractivity contribution in [2.45, 2.75) is 96.2 Å². The summed E-state index contributed by atoms with van der Waals surface area (Å²) in [4.78, 5) is 41.8. The van der Waals surface area contributed by atoms with E-state index >= 15 is 0 Å². The standard InChI is InChI=1S/C32H44N2O9/c1-15(2)34-31(38)40-19(6)26-16(3)13-17(4)32-20(14-23(39-7)30(37)41-26)10-11-21-24(32)25(35)18(5)27(28(21)43-32)42-29(36)22-9-8-12-33-22/h8-13,15-16,18-21,23-28,33,35H,14H2,1-7H3,(H,34,38)/b17-13+/t16-,18-,19-,20-,21-,23+,24+,25-,26+,27-,28-,32+/m1/s1. The number of carbonyl (C=O) groups excluding carboxylic acids is 3. The number of methoxy groups -OCH3 is 1. The van der Waals surface area contributed by atoms with Crippen molar-refractivity contribution in [3.8, 4) is 0 Å². The normalized spacial score (nSPS) is 40.5. The molecule has 1 spiro atoms.